The summed E-state index contributed by atoms with van der Waals surface area (Å²) >= 11 is 0. The summed E-state index contributed by atoms with van der Waals surface area (Å²) in [5.74, 6) is 0.560. The number of hydrogen-bond acceptors (Lipinski definition) is 3. The van der Waals surface area contributed by atoms with E-state index < -0.39 is 0 Å². The Morgan fingerprint density at radius 2 is 1.56 bits per heavy atom. The molecule has 0 unspecified atom stereocenters. The highest BCUT2D eigenvalue weighted by molar-refractivity contribution is 5.89. The Kier molecular flexibility index (Phi) is 5.07. The summed E-state index contributed by atoms with van der Waals surface area (Å²) in [6, 6.07) is 21.9. The van der Waals surface area contributed by atoms with E-state index >= 15 is 0 Å². The molecule has 0 aliphatic carbocycles. The molecule has 0 radical (unpaired) electrons. The van der Waals surface area contributed by atoms with Gasteiger partial charge in [0.05, 0.1) is 6.42 Å². The summed E-state index contributed by atoms with van der Waals surface area (Å²) in [6.07, 6.45) is 0.465. The van der Waals surface area contributed by atoms with Crippen molar-refractivity contribution in [3.63, 3.8) is 0 Å². The lowest BCUT2D eigenvalue weighted by atomic mass is 10.0. The number of nitrogens with zero attached hydrogens (tertiary/aromatic N) is 2. The monoisotopic (exact) mass is 360 g/mol. The van der Waals surface area contributed by atoms with Crippen LogP contribution in [0.2, 0.25) is 0 Å². The Morgan fingerprint density at radius 1 is 0.852 bits per heavy atom. The van der Waals surface area contributed by atoms with Crippen molar-refractivity contribution >= 4 is 16.7 Å². The SMILES string of the molecule is O=C(Cc1ccccc1)N1CCN(Cc2ccc3ccccc3c2O)CC1. The lowest BCUT2D eigenvalue weighted by Gasteiger charge is -2.35. The second-order valence-electron chi connectivity index (χ2n) is 7.11. The highest BCUT2D eigenvalue weighted by Gasteiger charge is 2.22. The quantitative estimate of drug-likeness (QED) is 0.775. The molecule has 0 aromatic heterocycles. The summed E-state index contributed by atoms with van der Waals surface area (Å²) in [6.45, 7) is 3.83. The topological polar surface area (TPSA) is 43.8 Å². The molecule has 3 aromatic rings. The van der Waals surface area contributed by atoms with Gasteiger partial charge in [0.2, 0.25) is 5.91 Å². The normalized spacial score (nSPS) is 15.2. The minimum Gasteiger partial charge on any atom is -0.507 e. The number of piperazine rings is 1. The number of phenols is 1. The molecule has 4 heteroatoms. The van der Waals surface area contributed by atoms with Gasteiger partial charge >= 0.3 is 0 Å². The van der Waals surface area contributed by atoms with E-state index in [1.165, 1.54) is 0 Å². The third-order valence-electron chi connectivity index (χ3n) is 5.30. The lowest BCUT2D eigenvalue weighted by molar-refractivity contribution is -0.132. The summed E-state index contributed by atoms with van der Waals surface area (Å²) in [5.41, 5.74) is 2.00. The van der Waals surface area contributed by atoms with Crippen LogP contribution in [0.15, 0.2) is 66.7 Å². The van der Waals surface area contributed by atoms with E-state index in [0.29, 0.717) is 18.7 Å². The Labute approximate surface area is 159 Å². The highest BCUT2D eigenvalue weighted by atomic mass is 16.3. The van der Waals surface area contributed by atoms with Gasteiger partial charge in [-0.3, -0.25) is 9.69 Å². The summed E-state index contributed by atoms with van der Waals surface area (Å²) in [5, 5.41) is 12.5. The van der Waals surface area contributed by atoms with E-state index in [9.17, 15) is 9.90 Å². The van der Waals surface area contributed by atoms with Crippen molar-refractivity contribution in [3.05, 3.63) is 77.9 Å². The minimum atomic E-state index is 0.189. The molecule has 1 aliphatic rings. The fourth-order valence-corrected chi connectivity index (χ4v) is 3.71. The number of carbonyl (C=O) groups is 1. The predicted octanol–water partition coefficient (Wildman–Crippen LogP) is 3.43. The number of carbonyl (C=O) groups excluding carboxylic acids is 1. The first kappa shape index (κ1) is 17.6. The van der Waals surface area contributed by atoms with E-state index in [2.05, 4.69) is 11.0 Å². The molecule has 138 valence electrons. The molecule has 27 heavy (non-hydrogen) atoms. The standard InChI is InChI=1S/C23H24N2O2/c26-22(16-18-6-2-1-3-7-18)25-14-12-24(13-15-25)17-20-11-10-19-8-4-5-9-21(19)23(20)27/h1-11,27H,12-17H2. The summed E-state index contributed by atoms with van der Waals surface area (Å²) in [7, 11) is 0. The number of hydrogen-bond donors (Lipinski definition) is 1. The van der Waals surface area contributed by atoms with E-state index in [-0.39, 0.29) is 5.91 Å². The smallest absolute Gasteiger partial charge is 0.227 e. The van der Waals surface area contributed by atoms with E-state index in [4.69, 9.17) is 0 Å². The van der Waals surface area contributed by atoms with Crippen molar-refractivity contribution in [1.29, 1.82) is 0 Å². The van der Waals surface area contributed by atoms with Gasteiger partial charge in [-0.2, -0.15) is 0 Å². The summed E-state index contributed by atoms with van der Waals surface area (Å²) in [4.78, 5) is 16.8. The van der Waals surface area contributed by atoms with Gasteiger partial charge in [0.1, 0.15) is 5.75 Å². The van der Waals surface area contributed by atoms with Gasteiger partial charge in [0.25, 0.3) is 0 Å². The fourth-order valence-electron chi connectivity index (χ4n) is 3.71. The molecule has 1 N–H and O–H groups in total. The van der Waals surface area contributed by atoms with Crippen LogP contribution in [0.1, 0.15) is 11.1 Å². The van der Waals surface area contributed by atoms with Crippen LogP contribution in [0, 0.1) is 0 Å². The fraction of sp³-hybridized carbons (Fsp3) is 0.261. The van der Waals surface area contributed by atoms with Crippen LogP contribution in [-0.4, -0.2) is 47.0 Å². The average Bonchev–Trinajstić information content (AvgIpc) is 2.71. The van der Waals surface area contributed by atoms with Crippen LogP contribution in [0.4, 0.5) is 0 Å². The Hall–Kier alpha value is -2.85. The van der Waals surface area contributed by atoms with Crippen LogP contribution in [0.3, 0.4) is 0 Å². The number of aromatic hydroxyl groups is 1. The number of benzene rings is 3. The first-order valence-corrected chi connectivity index (χ1v) is 9.44. The van der Waals surface area contributed by atoms with Gasteiger partial charge in [-0.1, -0.05) is 66.7 Å². The number of amides is 1. The van der Waals surface area contributed by atoms with Gasteiger partial charge in [-0.25, -0.2) is 0 Å². The second-order valence-corrected chi connectivity index (χ2v) is 7.11. The van der Waals surface area contributed by atoms with Crippen molar-refractivity contribution < 1.29 is 9.90 Å². The largest absolute Gasteiger partial charge is 0.507 e. The van der Waals surface area contributed by atoms with E-state index in [1.54, 1.807) is 0 Å². The third kappa shape index (κ3) is 3.96. The average molecular weight is 360 g/mol. The van der Waals surface area contributed by atoms with Gasteiger partial charge in [0, 0.05) is 43.7 Å². The van der Waals surface area contributed by atoms with E-state index in [1.807, 2.05) is 65.6 Å². The molecule has 0 atom stereocenters. The van der Waals surface area contributed by atoms with Gasteiger partial charge in [0.15, 0.2) is 0 Å². The van der Waals surface area contributed by atoms with Crippen molar-refractivity contribution in [1.82, 2.24) is 9.80 Å². The molecule has 3 aromatic carbocycles. The zero-order valence-electron chi connectivity index (χ0n) is 15.3. The molecule has 4 nitrogen and oxygen atoms in total. The predicted molar refractivity (Wildman–Crippen MR) is 108 cm³/mol. The Morgan fingerprint density at radius 3 is 2.33 bits per heavy atom. The molecule has 1 aliphatic heterocycles. The number of phenolic OH excluding ortho intramolecular Hbond substituents is 1. The maximum atomic E-state index is 12.5. The molecule has 0 bridgehead atoms. The maximum Gasteiger partial charge on any atom is 0.227 e. The molecule has 1 heterocycles. The molecule has 1 fully saturated rings. The van der Waals surface area contributed by atoms with Crippen molar-refractivity contribution in [2.75, 3.05) is 26.2 Å². The molecule has 4 rings (SSSR count). The van der Waals surface area contributed by atoms with Crippen LogP contribution in [0.25, 0.3) is 10.8 Å². The van der Waals surface area contributed by atoms with E-state index in [0.717, 1.165) is 48.1 Å². The van der Waals surface area contributed by atoms with Gasteiger partial charge in [-0.05, 0) is 10.9 Å². The Balaban J connectivity index is 1.36. The van der Waals surface area contributed by atoms with Crippen LogP contribution >= 0.6 is 0 Å². The zero-order valence-corrected chi connectivity index (χ0v) is 15.3. The molecular weight excluding hydrogens is 336 g/mol. The molecule has 1 saturated heterocycles. The van der Waals surface area contributed by atoms with Crippen LogP contribution in [0.5, 0.6) is 5.75 Å². The van der Waals surface area contributed by atoms with Gasteiger partial charge < -0.3 is 10.0 Å². The Bertz CT molecular complexity index is 932. The zero-order chi connectivity index (χ0) is 18.6. The maximum absolute atomic E-state index is 12.5. The first-order chi connectivity index (χ1) is 13.2. The van der Waals surface area contributed by atoms with Crippen molar-refractivity contribution in [2.45, 2.75) is 13.0 Å². The number of rotatable bonds is 4. The molecule has 0 spiro atoms. The highest BCUT2D eigenvalue weighted by Crippen LogP contribution is 2.29. The molecule has 1 amide bonds. The number of fused-ring (bicyclic) bond motifs is 1. The van der Waals surface area contributed by atoms with Crippen molar-refractivity contribution in [3.8, 4) is 5.75 Å². The molecular formula is C23H24N2O2. The van der Waals surface area contributed by atoms with Gasteiger partial charge in [-0.15, -0.1) is 0 Å². The van der Waals surface area contributed by atoms with Crippen molar-refractivity contribution in [2.24, 2.45) is 0 Å². The minimum absolute atomic E-state index is 0.189. The van der Waals surface area contributed by atoms with Crippen LogP contribution in [-0.2, 0) is 17.8 Å². The first-order valence-electron chi connectivity index (χ1n) is 9.44. The second kappa shape index (κ2) is 7.80. The third-order valence-corrected chi connectivity index (χ3v) is 5.30. The summed E-state index contributed by atoms with van der Waals surface area (Å²) < 4.78 is 0. The molecule has 0 saturated carbocycles. The van der Waals surface area contributed by atoms with Crippen LogP contribution < -0.4 is 0 Å². The lowest BCUT2D eigenvalue weighted by Crippen LogP contribution is -2.48.